The zero-order valence-electron chi connectivity index (χ0n) is 16.3. The largest absolute Gasteiger partial charge is 0.496 e. The van der Waals surface area contributed by atoms with Gasteiger partial charge in [-0.05, 0) is 41.3 Å². The molecule has 0 saturated heterocycles. The molecule has 0 bridgehead atoms. The second kappa shape index (κ2) is 7.23. The third kappa shape index (κ3) is 4.48. The summed E-state index contributed by atoms with van der Waals surface area (Å²) in [6, 6.07) is 4.58. The molecule has 0 aliphatic carbocycles. The lowest BCUT2D eigenvalue weighted by molar-refractivity contribution is 0.379. The second-order valence-electron chi connectivity index (χ2n) is 8.67. The van der Waals surface area contributed by atoms with E-state index >= 15 is 0 Å². The molecule has 1 aromatic carbocycles. The molecule has 0 aliphatic heterocycles. The fraction of sp³-hybridized carbons (Fsp3) is 0.700. The minimum absolute atomic E-state index is 0.0159. The number of benzene rings is 1. The first-order chi connectivity index (χ1) is 10.5. The summed E-state index contributed by atoms with van der Waals surface area (Å²) in [5.74, 6) is 1.64. The molecule has 4 N–H and O–H groups in total. The van der Waals surface area contributed by atoms with Crippen molar-refractivity contribution < 1.29 is 4.74 Å². The van der Waals surface area contributed by atoms with Gasteiger partial charge < -0.3 is 16.2 Å². The Morgan fingerprint density at radius 3 is 1.57 bits per heavy atom. The molecular weight excluding hydrogens is 284 g/mol. The molecule has 0 aliphatic rings. The summed E-state index contributed by atoms with van der Waals surface area (Å²) in [5.41, 5.74) is 15.7. The van der Waals surface area contributed by atoms with Crippen LogP contribution in [0.15, 0.2) is 12.1 Å². The number of ether oxygens (including phenoxy) is 1. The molecule has 0 heterocycles. The van der Waals surface area contributed by atoms with Crippen LogP contribution in [0.2, 0.25) is 0 Å². The summed E-state index contributed by atoms with van der Waals surface area (Å²) in [5, 5.41) is 0. The first kappa shape index (κ1) is 20.0. The summed E-state index contributed by atoms with van der Waals surface area (Å²) in [6.45, 7) is 16.8. The average Bonchev–Trinajstić information content (AvgIpc) is 2.45. The molecule has 3 heteroatoms. The number of rotatable bonds is 5. The van der Waals surface area contributed by atoms with Gasteiger partial charge in [0.25, 0.3) is 0 Å². The van der Waals surface area contributed by atoms with Crippen LogP contribution in [-0.2, 0) is 10.8 Å². The molecule has 0 aromatic heterocycles. The highest BCUT2D eigenvalue weighted by Crippen LogP contribution is 2.42. The quantitative estimate of drug-likeness (QED) is 0.864. The van der Waals surface area contributed by atoms with Crippen LogP contribution >= 0.6 is 0 Å². The van der Waals surface area contributed by atoms with Gasteiger partial charge in [-0.1, -0.05) is 60.6 Å². The molecule has 0 amide bonds. The van der Waals surface area contributed by atoms with Crippen LogP contribution in [0.4, 0.5) is 0 Å². The second-order valence-corrected chi connectivity index (χ2v) is 8.67. The van der Waals surface area contributed by atoms with Gasteiger partial charge in [0.05, 0.1) is 7.11 Å². The van der Waals surface area contributed by atoms with E-state index in [2.05, 4.69) is 60.6 Å². The van der Waals surface area contributed by atoms with Crippen molar-refractivity contribution in [2.75, 3.05) is 20.2 Å². The van der Waals surface area contributed by atoms with Crippen LogP contribution in [0.5, 0.6) is 5.75 Å². The van der Waals surface area contributed by atoms with Crippen LogP contribution in [0.25, 0.3) is 0 Å². The van der Waals surface area contributed by atoms with Gasteiger partial charge in [-0.2, -0.15) is 0 Å². The highest BCUT2D eigenvalue weighted by atomic mass is 16.5. The predicted octanol–water partition coefficient (Wildman–Crippen LogP) is 3.93. The normalized spacial score (nSPS) is 14.2. The van der Waals surface area contributed by atoms with Crippen molar-refractivity contribution >= 4 is 0 Å². The Bertz CT molecular complexity index is 484. The SMILES string of the molecule is COc1c(C(C)(C)C)cc(C(C)C(CN)CN)cc1C(C)(C)C. The molecule has 0 fully saturated rings. The molecule has 3 nitrogen and oxygen atoms in total. The molecule has 1 aromatic rings. The van der Waals surface area contributed by atoms with Gasteiger partial charge in [0, 0.05) is 11.1 Å². The summed E-state index contributed by atoms with van der Waals surface area (Å²) in [4.78, 5) is 0. The van der Waals surface area contributed by atoms with E-state index in [1.807, 2.05) is 0 Å². The lowest BCUT2D eigenvalue weighted by Gasteiger charge is -2.32. The third-order valence-corrected chi connectivity index (χ3v) is 4.77. The van der Waals surface area contributed by atoms with Gasteiger partial charge in [-0.15, -0.1) is 0 Å². The first-order valence-corrected chi connectivity index (χ1v) is 8.60. The predicted molar refractivity (Wildman–Crippen MR) is 100 cm³/mol. The standard InChI is InChI=1S/C20H36N2O/c1-13(15(11-21)12-22)14-9-16(19(2,3)4)18(23-8)17(10-14)20(5,6)7/h9-10,13,15H,11-12,21-22H2,1-8H3. The van der Waals surface area contributed by atoms with Crippen LogP contribution in [0.1, 0.15) is 71.1 Å². The maximum atomic E-state index is 5.92. The molecule has 0 spiro atoms. The summed E-state index contributed by atoms with van der Waals surface area (Å²) < 4.78 is 5.83. The highest BCUT2D eigenvalue weighted by molar-refractivity contribution is 5.51. The number of methoxy groups -OCH3 is 1. The van der Waals surface area contributed by atoms with E-state index < -0.39 is 0 Å². The number of hydrogen-bond donors (Lipinski definition) is 2. The van der Waals surface area contributed by atoms with Crippen molar-refractivity contribution in [3.8, 4) is 5.75 Å². The minimum Gasteiger partial charge on any atom is -0.496 e. The van der Waals surface area contributed by atoms with Crippen molar-refractivity contribution in [1.29, 1.82) is 0 Å². The topological polar surface area (TPSA) is 61.3 Å². The van der Waals surface area contributed by atoms with Crippen molar-refractivity contribution in [3.05, 3.63) is 28.8 Å². The van der Waals surface area contributed by atoms with E-state index in [0.29, 0.717) is 24.9 Å². The highest BCUT2D eigenvalue weighted by Gasteiger charge is 2.29. The van der Waals surface area contributed by atoms with E-state index in [9.17, 15) is 0 Å². The minimum atomic E-state index is 0.0159. The molecule has 132 valence electrons. The Kier molecular flexibility index (Phi) is 6.28. The molecular formula is C20H36N2O. The molecule has 0 saturated carbocycles. The number of nitrogens with two attached hydrogens (primary N) is 2. The lowest BCUT2D eigenvalue weighted by Crippen LogP contribution is -2.28. The fourth-order valence-corrected chi connectivity index (χ4v) is 3.02. The van der Waals surface area contributed by atoms with Crippen molar-refractivity contribution in [2.24, 2.45) is 17.4 Å². The zero-order chi connectivity index (χ0) is 18.0. The van der Waals surface area contributed by atoms with E-state index in [-0.39, 0.29) is 10.8 Å². The van der Waals surface area contributed by atoms with E-state index in [1.54, 1.807) is 7.11 Å². The fourth-order valence-electron chi connectivity index (χ4n) is 3.02. The summed E-state index contributed by atoms with van der Waals surface area (Å²) >= 11 is 0. The van der Waals surface area contributed by atoms with Gasteiger partial charge in [-0.3, -0.25) is 0 Å². The van der Waals surface area contributed by atoms with Gasteiger partial charge in [0.1, 0.15) is 5.75 Å². The monoisotopic (exact) mass is 320 g/mol. The zero-order valence-corrected chi connectivity index (χ0v) is 16.3. The van der Waals surface area contributed by atoms with Gasteiger partial charge in [0.2, 0.25) is 0 Å². The van der Waals surface area contributed by atoms with Crippen molar-refractivity contribution in [1.82, 2.24) is 0 Å². The smallest absolute Gasteiger partial charge is 0.126 e. The van der Waals surface area contributed by atoms with Gasteiger partial charge in [-0.25, -0.2) is 0 Å². The Morgan fingerprint density at radius 2 is 1.30 bits per heavy atom. The Labute approximate surface area is 142 Å². The van der Waals surface area contributed by atoms with Crippen LogP contribution < -0.4 is 16.2 Å². The molecule has 1 atom stereocenters. The summed E-state index contributed by atoms with van der Waals surface area (Å²) in [7, 11) is 1.77. The average molecular weight is 321 g/mol. The molecule has 0 radical (unpaired) electrons. The Hall–Kier alpha value is -1.06. The molecule has 1 unspecified atom stereocenters. The Balaban J connectivity index is 3.62. The van der Waals surface area contributed by atoms with Crippen LogP contribution in [0, 0.1) is 5.92 Å². The third-order valence-electron chi connectivity index (χ3n) is 4.77. The van der Waals surface area contributed by atoms with E-state index in [1.165, 1.54) is 16.7 Å². The first-order valence-electron chi connectivity index (χ1n) is 8.60. The van der Waals surface area contributed by atoms with Crippen LogP contribution in [0.3, 0.4) is 0 Å². The van der Waals surface area contributed by atoms with Crippen molar-refractivity contribution in [2.45, 2.75) is 65.2 Å². The van der Waals surface area contributed by atoms with Gasteiger partial charge in [0.15, 0.2) is 0 Å². The maximum Gasteiger partial charge on any atom is 0.126 e. The van der Waals surface area contributed by atoms with Crippen LogP contribution in [-0.4, -0.2) is 20.2 Å². The Morgan fingerprint density at radius 1 is 0.913 bits per heavy atom. The van der Waals surface area contributed by atoms with Gasteiger partial charge >= 0.3 is 0 Å². The molecule has 1 rings (SSSR count). The summed E-state index contributed by atoms with van der Waals surface area (Å²) in [6.07, 6.45) is 0. The van der Waals surface area contributed by atoms with E-state index in [4.69, 9.17) is 16.2 Å². The maximum absolute atomic E-state index is 5.92. The van der Waals surface area contributed by atoms with Crippen molar-refractivity contribution in [3.63, 3.8) is 0 Å². The molecule has 23 heavy (non-hydrogen) atoms. The number of hydrogen-bond acceptors (Lipinski definition) is 3. The van der Waals surface area contributed by atoms with E-state index in [0.717, 1.165) is 5.75 Å². The lowest BCUT2D eigenvalue weighted by atomic mass is 9.75.